The first kappa shape index (κ1) is 15.5. The smallest absolute Gasteiger partial charge is 0.307 e. The highest BCUT2D eigenvalue weighted by Gasteiger charge is 2.48. The standard InChI is InChI=1S/C14H17NO5S/c1-8(15-13(16)11-7-12(11)14(17)18)9-3-5-10(6-4-9)21(2,19)20/h3-6,8,11-12H,7H2,1-2H3,(H,15,16)(H,17,18). The lowest BCUT2D eigenvalue weighted by Crippen LogP contribution is -2.29. The maximum absolute atomic E-state index is 11.9. The summed E-state index contributed by atoms with van der Waals surface area (Å²) in [5, 5.41) is 11.5. The molecule has 1 aliphatic carbocycles. The largest absolute Gasteiger partial charge is 0.481 e. The van der Waals surface area contributed by atoms with Crippen LogP contribution in [0.1, 0.15) is 24.9 Å². The number of nitrogens with one attached hydrogen (secondary N) is 1. The number of carbonyl (C=O) groups excluding carboxylic acids is 1. The predicted molar refractivity (Wildman–Crippen MR) is 75.3 cm³/mol. The van der Waals surface area contributed by atoms with Gasteiger partial charge in [0, 0.05) is 6.26 Å². The highest BCUT2D eigenvalue weighted by molar-refractivity contribution is 7.90. The lowest BCUT2D eigenvalue weighted by atomic mass is 10.1. The second-order valence-electron chi connectivity index (χ2n) is 5.36. The fourth-order valence-corrected chi connectivity index (χ4v) is 2.80. The maximum Gasteiger partial charge on any atom is 0.307 e. The van der Waals surface area contributed by atoms with Gasteiger partial charge in [0.1, 0.15) is 0 Å². The van der Waals surface area contributed by atoms with Gasteiger partial charge in [-0.1, -0.05) is 12.1 Å². The molecule has 0 bridgehead atoms. The highest BCUT2D eigenvalue weighted by atomic mass is 32.2. The molecule has 1 saturated carbocycles. The van der Waals surface area contributed by atoms with Crippen LogP contribution in [0, 0.1) is 11.8 Å². The van der Waals surface area contributed by atoms with Gasteiger partial charge in [-0.2, -0.15) is 0 Å². The van der Waals surface area contributed by atoms with Crippen LogP contribution in [0.3, 0.4) is 0 Å². The third-order valence-electron chi connectivity index (χ3n) is 3.61. The zero-order chi connectivity index (χ0) is 15.8. The van der Waals surface area contributed by atoms with E-state index in [1.54, 1.807) is 19.1 Å². The minimum absolute atomic E-state index is 0.220. The van der Waals surface area contributed by atoms with Crippen LogP contribution in [0.25, 0.3) is 0 Å². The fraction of sp³-hybridized carbons (Fsp3) is 0.429. The molecule has 7 heteroatoms. The Labute approximate surface area is 123 Å². The van der Waals surface area contributed by atoms with E-state index in [0.717, 1.165) is 11.8 Å². The van der Waals surface area contributed by atoms with Crippen molar-refractivity contribution in [1.29, 1.82) is 0 Å². The molecule has 0 radical (unpaired) electrons. The van der Waals surface area contributed by atoms with E-state index in [4.69, 9.17) is 5.11 Å². The molecule has 6 nitrogen and oxygen atoms in total. The van der Waals surface area contributed by atoms with Crippen molar-refractivity contribution in [3.63, 3.8) is 0 Å². The first-order chi connectivity index (χ1) is 9.70. The summed E-state index contributed by atoms with van der Waals surface area (Å²) in [5.74, 6) is -2.26. The number of amides is 1. The Kier molecular flexibility index (Phi) is 4.04. The third-order valence-corrected chi connectivity index (χ3v) is 4.74. The molecule has 0 saturated heterocycles. The molecule has 2 N–H and O–H groups in total. The number of hydrogen-bond acceptors (Lipinski definition) is 4. The number of carboxylic acid groups (broad SMARTS) is 1. The van der Waals surface area contributed by atoms with E-state index in [1.807, 2.05) is 0 Å². The summed E-state index contributed by atoms with van der Waals surface area (Å²) >= 11 is 0. The molecule has 21 heavy (non-hydrogen) atoms. The van der Waals surface area contributed by atoms with Crippen molar-refractivity contribution in [3.05, 3.63) is 29.8 Å². The summed E-state index contributed by atoms with van der Waals surface area (Å²) in [6.45, 7) is 1.77. The predicted octanol–water partition coefficient (Wildman–Crippen LogP) is 0.988. The maximum atomic E-state index is 11.9. The third kappa shape index (κ3) is 3.60. The molecule has 0 heterocycles. The van der Waals surface area contributed by atoms with Crippen molar-refractivity contribution >= 4 is 21.7 Å². The minimum atomic E-state index is -3.24. The molecule has 1 amide bonds. The molecule has 1 aromatic carbocycles. The van der Waals surface area contributed by atoms with Crippen LogP contribution in [0.15, 0.2) is 29.2 Å². The fourth-order valence-electron chi connectivity index (χ4n) is 2.17. The Hall–Kier alpha value is -1.89. The van der Waals surface area contributed by atoms with Crippen LogP contribution in [-0.4, -0.2) is 31.7 Å². The van der Waals surface area contributed by atoms with E-state index >= 15 is 0 Å². The lowest BCUT2D eigenvalue weighted by Gasteiger charge is -2.14. The zero-order valence-electron chi connectivity index (χ0n) is 11.7. The van der Waals surface area contributed by atoms with Gasteiger partial charge in [0.15, 0.2) is 9.84 Å². The molecule has 114 valence electrons. The van der Waals surface area contributed by atoms with E-state index in [-0.39, 0.29) is 16.8 Å². The SMILES string of the molecule is CC(NC(=O)C1CC1C(=O)O)c1ccc(S(C)(=O)=O)cc1. The second-order valence-corrected chi connectivity index (χ2v) is 7.37. The van der Waals surface area contributed by atoms with Crippen molar-refractivity contribution in [1.82, 2.24) is 5.32 Å². The van der Waals surface area contributed by atoms with Gasteiger partial charge in [-0.25, -0.2) is 8.42 Å². The average Bonchev–Trinajstić information content (AvgIpc) is 3.18. The number of aliphatic carboxylic acids is 1. The van der Waals surface area contributed by atoms with Gasteiger partial charge in [-0.05, 0) is 31.0 Å². The average molecular weight is 311 g/mol. The topological polar surface area (TPSA) is 101 Å². The first-order valence-corrected chi connectivity index (χ1v) is 8.42. The van der Waals surface area contributed by atoms with Gasteiger partial charge in [0.25, 0.3) is 0 Å². The second kappa shape index (κ2) is 5.48. The van der Waals surface area contributed by atoms with Crippen LogP contribution in [0.5, 0.6) is 0 Å². The Morgan fingerprint density at radius 2 is 1.81 bits per heavy atom. The molecule has 3 unspecified atom stereocenters. The molecule has 1 fully saturated rings. The van der Waals surface area contributed by atoms with Gasteiger partial charge in [-0.3, -0.25) is 9.59 Å². The summed E-state index contributed by atoms with van der Waals surface area (Å²) in [6.07, 6.45) is 1.51. The van der Waals surface area contributed by atoms with Crippen LogP contribution < -0.4 is 5.32 Å². The molecule has 1 aliphatic rings. The molecule has 1 aromatic rings. The lowest BCUT2D eigenvalue weighted by molar-refractivity contribution is -0.140. The van der Waals surface area contributed by atoms with E-state index < -0.39 is 27.6 Å². The summed E-state index contributed by atoms with van der Waals surface area (Å²) in [4.78, 5) is 22.8. The van der Waals surface area contributed by atoms with Crippen molar-refractivity contribution in [2.45, 2.75) is 24.3 Å². The number of benzene rings is 1. The summed E-state index contributed by atoms with van der Waals surface area (Å²) in [5.41, 5.74) is 0.767. The molecule has 0 aromatic heterocycles. The Balaban J connectivity index is 1.99. The van der Waals surface area contributed by atoms with Crippen molar-refractivity contribution in [2.75, 3.05) is 6.26 Å². The summed E-state index contributed by atoms with van der Waals surface area (Å²) in [6, 6.07) is 5.96. The van der Waals surface area contributed by atoms with E-state index in [1.165, 1.54) is 12.1 Å². The zero-order valence-corrected chi connectivity index (χ0v) is 12.6. The Bertz CT molecular complexity index is 665. The van der Waals surface area contributed by atoms with E-state index in [2.05, 4.69) is 5.32 Å². The molecule has 3 atom stereocenters. The quantitative estimate of drug-likeness (QED) is 0.844. The minimum Gasteiger partial charge on any atom is -0.481 e. The Morgan fingerprint density at radius 1 is 1.24 bits per heavy atom. The van der Waals surface area contributed by atoms with E-state index in [0.29, 0.717) is 6.42 Å². The van der Waals surface area contributed by atoms with Crippen LogP contribution in [0.2, 0.25) is 0 Å². The summed E-state index contributed by atoms with van der Waals surface area (Å²) < 4.78 is 22.7. The van der Waals surface area contributed by atoms with Gasteiger partial charge < -0.3 is 10.4 Å². The molecule has 2 rings (SSSR count). The van der Waals surface area contributed by atoms with Crippen molar-refractivity contribution in [3.8, 4) is 0 Å². The van der Waals surface area contributed by atoms with Crippen molar-refractivity contribution in [2.24, 2.45) is 11.8 Å². The highest BCUT2D eigenvalue weighted by Crippen LogP contribution is 2.39. The van der Waals surface area contributed by atoms with Crippen molar-refractivity contribution < 1.29 is 23.1 Å². The van der Waals surface area contributed by atoms with Gasteiger partial charge >= 0.3 is 5.97 Å². The number of hydrogen-bond donors (Lipinski definition) is 2. The molecular formula is C14H17NO5S. The number of carbonyl (C=O) groups is 2. The number of sulfone groups is 1. The first-order valence-electron chi connectivity index (χ1n) is 6.53. The molecule has 0 aliphatic heterocycles. The normalized spacial score (nSPS) is 22.4. The number of rotatable bonds is 5. The van der Waals surface area contributed by atoms with Crippen LogP contribution >= 0.6 is 0 Å². The van der Waals surface area contributed by atoms with E-state index in [9.17, 15) is 18.0 Å². The molecular weight excluding hydrogens is 294 g/mol. The molecule has 0 spiro atoms. The van der Waals surface area contributed by atoms with Gasteiger partial charge in [0.2, 0.25) is 5.91 Å². The van der Waals surface area contributed by atoms with Gasteiger partial charge in [-0.15, -0.1) is 0 Å². The van der Waals surface area contributed by atoms with Crippen LogP contribution in [-0.2, 0) is 19.4 Å². The number of carboxylic acids is 1. The van der Waals surface area contributed by atoms with Crippen LogP contribution in [0.4, 0.5) is 0 Å². The summed E-state index contributed by atoms with van der Waals surface area (Å²) in [7, 11) is -3.24. The monoisotopic (exact) mass is 311 g/mol. The van der Waals surface area contributed by atoms with Gasteiger partial charge in [0.05, 0.1) is 22.8 Å². The Morgan fingerprint density at radius 3 is 2.24 bits per heavy atom.